The summed E-state index contributed by atoms with van der Waals surface area (Å²) >= 11 is 11.8. The summed E-state index contributed by atoms with van der Waals surface area (Å²) < 4.78 is 0. The zero-order chi connectivity index (χ0) is 15.1. The summed E-state index contributed by atoms with van der Waals surface area (Å²) in [5.41, 5.74) is 1.07. The van der Waals surface area contributed by atoms with Crippen molar-refractivity contribution < 1.29 is 5.11 Å². The van der Waals surface area contributed by atoms with Gasteiger partial charge in [-0.1, -0.05) is 37.0 Å². The standard InChI is InChI=1S/C13H11Cl2N5O/c1-6(2)12-18-13-10(5-16-20(13)19-12)17-7-3-8(14)11(21)9(15)4-7/h3-6,21H,1-2H3. The molecular formula is C13H11Cl2N5O. The Bertz CT molecular complexity index is 756. The van der Waals surface area contributed by atoms with Gasteiger partial charge in [-0.2, -0.15) is 5.10 Å². The number of nitrogens with zero attached hydrogens (tertiary/aromatic N) is 5. The summed E-state index contributed by atoms with van der Waals surface area (Å²) in [6.45, 7) is 4.01. The lowest BCUT2D eigenvalue weighted by molar-refractivity contribution is 0.476. The molecular weight excluding hydrogens is 313 g/mol. The molecule has 0 saturated heterocycles. The fourth-order valence-electron chi connectivity index (χ4n) is 1.81. The molecule has 21 heavy (non-hydrogen) atoms. The molecule has 0 aliphatic carbocycles. The minimum absolute atomic E-state index is 0.140. The summed E-state index contributed by atoms with van der Waals surface area (Å²) in [7, 11) is 0. The zero-order valence-corrected chi connectivity index (χ0v) is 12.8. The minimum Gasteiger partial charge on any atom is -0.505 e. The van der Waals surface area contributed by atoms with Crippen LogP contribution in [-0.4, -0.2) is 31.9 Å². The van der Waals surface area contributed by atoms with Crippen LogP contribution in [0.15, 0.2) is 22.2 Å². The summed E-state index contributed by atoms with van der Waals surface area (Å²) in [5, 5.41) is 18.2. The van der Waals surface area contributed by atoms with E-state index in [1.807, 2.05) is 13.8 Å². The molecule has 1 N–H and O–H groups in total. The van der Waals surface area contributed by atoms with Crippen molar-refractivity contribution in [2.24, 2.45) is 10.1 Å². The van der Waals surface area contributed by atoms with Gasteiger partial charge in [0.05, 0.1) is 21.9 Å². The summed E-state index contributed by atoms with van der Waals surface area (Å²) in [6, 6.07) is 3.04. The van der Waals surface area contributed by atoms with Crippen LogP contribution in [0.3, 0.4) is 0 Å². The number of hydrogen-bond acceptors (Lipinski definition) is 5. The number of aliphatic imine (C=N–C) groups is 1. The lowest BCUT2D eigenvalue weighted by Gasteiger charge is -2.01. The maximum Gasteiger partial charge on any atom is 0.203 e. The molecule has 2 aromatic rings. The van der Waals surface area contributed by atoms with Crippen molar-refractivity contribution in [3.05, 3.63) is 33.8 Å². The van der Waals surface area contributed by atoms with Gasteiger partial charge in [0.25, 0.3) is 0 Å². The molecule has 8 heteroatoms. The van der Waals surface area contributed by atoms with Crippen LogP contribution in [0.25, 0.3) is 0 Å². The van der Waals surface area contributed by atoms with Crippen molar-refractivity contribution in [1.82, 2.24) is 14.9 Å². The van der Waals surface area contributed by atoms with Crippen molar-refractivity contribution in [2.75, 3.05) is 0 Å². The van der Waals surface area contributed by atoms with Gasteiger partial charge in [-0.15, -0.1) is 9.89 Å². The predicted octanol–water partition coefficient (Wildman–Crippen LogP) is 3.38. The second kappa shape index (κ2) is 5.13. The van der Waals surface area contributed by atoms with E-state index in [0.29, 0.717) is 23.0 Å². The second-order valence-electron chi connectivity index (χ2n) is 4.84. The molecule has 0 saturated carbocycles. The van der Waals surface area contributed by atoms with Gasteiger partial charge in [0.2, 0.25) is 5.82 Å². The fraction of sp³-hybridized carbons (Fsp3) is 0.231. The van der Waals surface area contributed by atoms with Gasteiger partial charge in [0, 0.05) is 5.92 Å². The van der Waals surface area contributed by atoms with Crippen molar-refractivity contribution in [3.8, 4) is 5.75 Å². The molecule has 0 spiro atoms. The van der Waals surface area contributed by atoms with E-state index in [1.54, 1.807) is 6.21 Å². The van der Waals surface area contributed by atoms with Gasteiger partial charge in [-0.05, 0) is 12.1 Å². The quantitative estimate of drug-likeness (QED) is 0.920. The SMILES string of the molecule is CC(C)c1nc2n(n1)N=CC2=Nc1cc(Cl)c(O)c(Cl)c1. The first-order valence-corrected chi connectivity index (χ1v) is 6.99. The molecule has 0 bridgehead atoms. The van der Waals surface area contributed by atoms with E-state index < -0.39 is 0 Å². The van der Waals surface area contributed by atoms with Crippen LogP contribution in [0.5, 0.6) is 5.75 Å². The maximum absolute atomic E-state index is 9.55. The maximum atomic E-state index is 9.55. The number of aromatic nitrogens is 3. The smallest absolute Gasteiger partial charge is 0.203 e. The highest BCUT2D eigenvalue weighted by atomic mass is 35.5. The van der Waals surface area contributed by atoms with Crippen molar-refractivity contribution in [3.63, 3.8) is 0 Å². The Morgan fingerprint density at radius 2 is 1.90 bits per heavy atom. The minimum atomic E-state index is -0.160. The Kier molecular flexibility index (Phi) is 3.43. The van der Waals surface area contributed by atoms with Crippen LogP contribution in [0.1, 0.15) is 31.4 Å². The molecule has 0 radical (unpaired) electrons. The van der Waals surface area contributed by atoms with E-state index in [9.17, 15) is 5.11 Å². The van der Waals surface area contributed by atoms with Gasteiger partial charge in [0.15, 0.2) is 11.6 Å². The van der Waals surface area contributed by atoms with Gasteiger partial charge in [-0.25, -0.2) is 9.98 Å². The monoisotopic (exact) mass is 323 g/mol. The Labute approximate surface area is 130 Å². The number of halogens is 2. The average molecular weight is 324 g/mol. The van der Waals surface area contributed by atoms with E-state index in [2.05, 4.69) is 20.2 Å². The molecule has 1 aromatic carbocycles. The molecule has 0 atom stereocenters. The highest BCUT2D eigenvalue weighted by molar-refractivity contribution is 6.39. The fourth-order valence-corrected chi connectivity index (χ4v) is 2.28. The van der Waals surface area contributed by atoms with Gasteiger partial charge in [-0.3, -0.25) is 0 Å². The predicted molar refractivity (Wildman–Crippen MR) is 82.3 cm³/mol. The molecule has 1 aromatic heterocycles. The number of aromatic hydroxyl groups is 1. The first-order valence-electron chi connectivity index (χ1n) is 6.24. The number of hydrogen-bond donors (Lipinski definition) is 1. The van der Waals surface area contributed by atoms with Gasteiger partial charge in [0.1, 0.15) is 5.71 Å². The Morgan fingerprint density at radius 1 is 1.24 bits per heavy atom. The first-order chi connectivity index (χ1) is 9.95. The summed E-state index contributed by atoms with van der Waals surface area (Å²) in [5.74, 6) is 1.32. The van der Waals surface area contributed by atoms with Crippen molar-refractivity contribution in [2.45, 2.75) is 19.8 Å². The molecule has 6 nitrogen and oxygen atoms in total. The molecule has 2 heterocycles. The molecule has 1 aliphatic heterocycles. The molecule has 0 unspecified atom stereocenters. The normalized spacial score (nSPS) is 15.2. The topological polar surface area (TPSA) is 75.7 Å². The van der Waals surface area contributed by atoms with Gasteiger partial charge >= 0.3 is 0 Å². The zero-order valence-electron chi connectivity index (χ0n) is 11.2. The third-order valence-electron chi connectivity index (χ3n) is 2.89. The van der Waals surface area contributed by atoms with E-state index in [1.165, 1.54) is 16.9 Å². The highest BCUT2D eigenvalue weighted by Crippen LogP contribution is 2.35. The van der Waals surface area contributed by atoms with E-state index in [4.69, 9.17) is 23.2 Å². The molecule has 108 valence electrons. The van der Waals surface area contributed by atoms with E-state index >= 15 is 0 Å². The largest absolute Gasteiger partial charge is 0.505 e. The first kappa shape index (κ1) is 14.0. The lowest BCUT2D eigenvalue weighted by atomic mass is 10.2. The van der Waals surface area contributed by atoms with Gasteiger partial charge < -0.3 is 5.11 Å². The Hall–Kier alpha value is -1.92. The summed E-state index contributed by atoms with van der Waals surface area (Å²) in [4.78, 5) is 10.3. The lowest BCUT2D eigenvalue weighted by Crippen LogP contribution is -2.01. The third-order valence-corrected chi connectivity index (χ3v) is 3.47. The molecule has 0 fully saturated rings. The van der Waals surface area contributed by atoms with Crippen LogP contribution < -0.4 is 0 Å². The average Bonchev–Trinajstić information content (AvgIpc) is 2.98. The number of phenolic OH excluding ortho intramolecular Hbond substituents is 1. The second-order valence-corrected chi connectivity index (χ2v) is 5.65. The summed E-state index contributed by atoms with van der Waals surface area (Å²) in [6.07, 6.45) is 1.56. The molecule has 0 amide bonds. The Balaban J connectivity index is 2.02. The third kappa shape index (κ3) is 2.52. The number of phenols is 1. The number of fused-ring (bicyclic) bond motifs is 1. The van der Waals surface area contributed by atoms with E-state index in [0.717, 1.165) is 0 Å². The highest BCUT2D eigenvalue weighted by Gasteiger charge is 2.21. The van der Waals surface area contributed by atoms with Crippen LogP contribution in [0.2, 0.25) is 10.0 Å². The molecule has 1 aliphatic rings. The van der Waals surface area contributed by atoms with Crippen molar-refractivity contribution in [1.29, 1.82) is 0 Å². The Morgan fingerprint density at radius 3 is 2.52 bits per heavy atom. The number of rotatable bonds is 2. The molecule has 3 rings (SSSR count). The van der Waals surface area contributed by atoms with Crippen LogP contribution in [0.4, 0.5) is 5.69 Å². The van der Waals surface area contributed by atoms with Crippen LogP contribution in [-0.2, 0) is 0 Å². The van der Waals surface area contributed by atoms with E-state index in [-0.39, 0.29) is 21.7 Å². The number of benzene rings is 1. The van der Waals surface area contributed by atoms with Crippen LogP contribution in [0, 0.1) is 0 Å². The van der Waals surface area contributed by atoms with Crippen molar-refractivity contribution >= 4 is 40.8 Å². The van der Waals surface area contributed by atoms with Crippen LogP contribution >= 0.6 is 23.2 Å².